The Morgan fingerprint density at radius 2 is 2.18 bits per heavy atom. The number of likely N-dealkylation sites (N-methyl/N-ethyl adjacent to an activating group) is 2. The topological polar surface area (TPSA) is 45.4 Å². The van der Waals surface area contributed by atoms with Crippen molar-refractivity contribution < 1.29 is 0 Å². The molecule has 0 aliphatic carbocycles. The molecule has 4 heteroatoms. The van der Waals surface area contributed by atoms with Crippen LogP contribution in [0.1, 0.15) is 12.0 Å². The van der Waals surface area contributed by atoms with E-state index in [9.17, 15) is 0 Å². The predicted octanol–water partition coefficient (Wildman–Crippen LogP) is 0.546. The minimum absolute atomic E-state index is 0.137. The van der Waals surface area contributed by atoms with Gasteiger partial charge in [-0.3, -0.25) is 9.88 Å². The first kappa shape index (κ1) is 12.5. The summed E-state index contributed by atoms with van der Waals surface area (Å²) in [5.74, 6) is 0. The molecule has 2 N–H and O–H groups in total. The van der Waals surface area contributed by atoms with Crippen molar-refractivity contribution in [3.05, 3.63) is 30.1 Å². The fourth-order valence-electron chi connectivity index (χ4n) is 2.62. The molecule has 94 valence electrons. The molecule has 0 bridgehead atoms. The van der Waals surface area contributed by atoms with Gasteiger partial charge < -0.3 is 10.6 Å². The molecule has 0 saturated carbocycles. The summed E-state index contributed by atoms with van der Waals surface area (Å²) in [6, 6.07) is 4.14. The molecule has 2 heterocycles. The third-order valence-corrected chi connectivity index (χ3v) is 3.88. The van der Waals surface area contributed by atoms with E-state index >= 15 is 0 Å². The third-order valence-electron chi connectivity index (χ3n) is 3.88. The molecule has 0 spiro atoms. The molecule has 1 fully saturated rings. The van der Waals surface area contributed by atoms with Crippen LogP contribution in [0.4, 0.5) is 0 Å². The van der Waals surface area contributed by atoms with Crippen LogP contribution < -0.4 is 5.73 Å². The maximum absolute atomic E-state index is 6.00. The smallest absolute Gasteiger partial charge is 0.0470 e. The molecule has 1 unspecified atom stereocenters. The first-order valence-corrected chi connectivity index (χ1v) is 6.15. The number of rotatable bonds is 4. The summed E-state index contributed by atoms with van der Waals surface area (Å²) in [5.41, 5.74) is 7.44. The second-order valence-corrected chi connectivity index (χ2v) is 5.13. The first-order chi connectivity index (χ1) is 8.16. The van der Waals surface area contributed by atoms with E-state index in [-0.39, 0.29) is 5.54 Å². The molecule has 0 amide bonds. The first-order valence-electron chi connectivity index (χ1n) is 6.15. The van der Waals surface area contributed by atoms with Crippen LogP contribution in [0.3, 0.4) is 0 Å². The van der Waals surface area contributed by atoms with Crippen molar-refractivity contribution in [1.29, 1.82) is 0 Å². The van der Waals surface area contributed by atoms with E-state index in [1.165, 1.54) is 5.56 Å². The molecule has 1 aromatic rings. The van der Waals surface area contributed by atoms with Gasteiger partial charge in [-0.15, -0.1) is 0 Å². The number of hydrogen-bond donors (Lipinski definition) is 1. The SMILES string of the molecule is CN1CCC(CN)(N(C)Cc2ccncc2)C1. The zero-order chi connectivity index (χ0) is 12.3. The average Bonchev–Trinajstić information content (AvgIpc) is 2.73. The standard InChI is InChI=1S/C13H22N4/c1-16-8-5-13(10-14,11-16)17(2)9-12-3-6-15-7-4-12/h3-4,6-7H,5,8-11,14H2,1-2H3. The molecule has 17 heavy (non-hydrogen) atoms. The lowest BCUT2D eigenvalue weighted by molar-refractivity contribution is 0.126. The van der Waals surface area contributed by atoms with E-state index in [4.69, 9.17) is 5.73 Å². The Hall–Kier alpha value is -0.970. The molecule has 1 aliphatic heterocycles. The molecule has 0 aromatic carbocycles. The zero-order valence-electron chi connectivity index (χ0n) is 10.8. The van der Waals surface area contributed by atoms with E-state index in [0.29, 0.717) is 0 Å². The molecule has 1 atom stereocenters. The summed E-state index contributed by atoms with van der Waals surface area (Å²) < 4.78 is 0. The molecular weight excluding hydrogens is 212 g/mol. The lowest BCUT2D eigenvalue weighted by Gasteiger charge is -2.37. The van der Waals surface area contributed by atoms with E-state index in [2.05, 4.69) is 41.0 Å². The summed E-state index contributed by atoms with van der Waals surface area (Å²) in [7, 11) is 4.34. The summed E-state index contributed by atoms with van der Waals surface area (Å²) >= 11 is 0. The zero-order valence-corrected chi connectivity index (χ0v) is 10.8. The lowest BCUT2D eigenvalue weighted by atomic mass is 9.96. The third kappa shape index (κ3) is 2.65. The molecular formula is C13H22N4. The molecule has 1 aromatic heterocycles. The second-order valence-electron chi connectivity index (χ2n) is 5.13. The van der Waals surface area contributed by atoms with E-state index < -0.39 is 0 Å². The minimum Gasteiger partial charge on any atom is -0.329 e. The number of nitrogens with zero attached hydrogens (tertiary/aromatic N) is 3. The number of likely N-dealkylation sites (tertiary alicyclic amines) is 1. The maximum Gasteiger partial charge on any atom is 0.0470 e. The normalized spacial score (nSPS) is 25.6. The summed E-state index contributed by atoms with van der Waals surface area (Å²) in [6.07, 6.45) is 4.85. The number of nitrogens with two attached hydrogens (primary N) is 1. The van der Waals surface area contributed by atoms with Gasteiger partial charge in [0.1, 0.15) is 0 Å². The number of aromatic nitrogens is 1. The van der Waals surface area contributed by atoms with Crippen LogP contribution in [0.15, 0.2) is 24.5 Å². The Bertz CT molecular complexity index is 354. The molecule has 2 rings (SSSR count). The van der Waals surface area contributed by atoms with Crippen LogP contribution in [0.2, 0.25) is 0 Å². The van der Waals surface area contributed by atoms with Gasteiger partial charge in [0.2, 0.25) is 0 Å². The highest BCUT2D eigenvalue weighted by Gasteiger charge is 2.38. The molecule has 0 radical (unpaired) electrons. The highest BCUT2D eigenvalue weighted by atomic mass is 15.3. The van der Waals surface area contributed by atoms with Crippen molar-refractivity contribution in [1.82, 2.24) is 14.8 Å². The predicted molar refractivity (Wildman–Crippen MR) is 69.6 cm³/mol. The van der Waals surface area contributed by atoms with Gasteiger partial charge in [-0.25, -0.2) is 0 Å². The van der Waals surface area contributed by atoms with Crippen LogP contribution in [0.5, 0.6) is 0 Å². The Morgan fingerprint density at radius 1 is 1.47 bits per heavy atom. The van der Waals surface area contributed by atoms with Gasteiger partial charge in [-0.1, -0.05) is 0 Å². The Balaban J connectivity index is 2.06. The van der Waals surface area contributed by atoms with Gasteiger partial charge in [0, 0.05) is 37.6 Å². The fraction of sp³-hybridized carbons (Fsp3) is 0.615. The number of hydrogen-bond acceptors (Lipinski definition) is 4. The Morgan fingerprint density at radius 3 is 2.71 bits per heavy atom. The van der Waals surface area contributed by atoms with Crippen molar-refractivity contribution >= 4 is 0 Å². The van der Waals surface area contributed by atoms with Gasteiger partial charge in [-0.05, 0) is 44.8 Å². The van der Waals surface area contributed by atoms with E-state index in [1.807, 2.05) is 12.4 Å². The summed E-state index contributed by atoms with van der Waals surface area (Å²) in [6.45, 7) is 3.86. The number of pyridine rings is 1. The van der Waals surface area contributed by atoms with Crippen LogP contribution >= 0.6 is 0 Å². The van der Waals surface area contributed by atoms with Gasteiger partial charge in [0.15, 0.2) is 0 Å². The van der Waals surface area contributed by atoms with Crippen LogP contribution in [0, 0.1) is 0 Å². The van der Waals surface area contributed by atoms with Gasteiger partial charge in [0.05, 0.1) is 0 Å². The molecule has 1 saturated heterocycles. The monoisotopic (exact) mass is 234 g/mol. The lowest BCUT2D eigenvalue weighted by Crippen LogP contribution is -2.53. The van der Waals surface area contributed by atoms with Gasteiger partial charge in [0.25, 0.3) is 0 Å². The Labute approximate surface area is 103 Å². The quantitative estimate of drug-likeness (QED) is 0.826. The van der Waals surface area contributed by atoms with Gasteiger partial charge in [-0.2, -0.15) is 0 Å². The largest absolute Gasteiger partial charge is 0.329 e. The average molecular weight is 234 g/mol. The van der Waals surface area contributed by atoms with Gasteiger partial charge >= 0.3 is 0 Å². The fourth-order valence-corrected chi connectivity index (χ4v) is 2.62. The van der Waals surface area contributed by atoms with Crippen LogP contribution in [-0.4, -0.2) is 54.1 Å². The van der Waals surface area contributed by atoms with E-state index in [0.717, 1.165) is 32.6 Å². The van der Waals surface area contributed by atoms with E-state index in [1.54, 1.807) is 0 Å². The van der Waals surface area contributed by atoms with Crippen LogP contribution in [0.25, 0.3) is 0 Å². The second kappa shape index (κ2) is 5.12. The summed E-state index contributed by atoms with van der Waals surface area (Å²) in [5, 5.41) is 0. The van der Waals surface area contributed by atoms with Crippen molar-refractivity contribution in [3.63, 3.8) is 0 Å². The molecule has 1 aliphatic rings. The van der Waals surface area contributed by atoms with Crippen molar-refractivity contribution in [2.24, 2.45) is 5.73 Å². The minimum atomic E-state index is 0.137. The van der Waals surface area contributed by atoms with Crippen LogP contribution in [-0.2, 0) is 6.54 Å². The van der Waals surface area contributed by atoms with Crippen molar-refractivity contribution in [2.75, 3.05) is 33.7 Å². The highest BCUT2D eigenvalue weighted by molar-refractivity contribution is 5.11. The van der Waals surface area contributed by atoms with Crippen molar-refractivity contribution in [2.45, 2.75) is 18.5 Å². The summed E-state index contributed by atoms with van der Waals surface area (Å²) in [4.78, 5) is 8.80. The maximum atomic E-state index is 6.00. The highest BCUT2D eigenvalue weighted by Crippen LogP contribution is 2.26. The van der Waals surface area contributed by atoms with Crippen molar-refractivity contribution in [3.8, 4) is 0 Å². The Kier molecular flexibility index (Phi) is 3.76. The molecule has 4 nitrogen and oxygen atoms in total.